The van der Waals surface area contributed by atoms with Crippen LogP contribution in [0.3, 0.4) is 0 Å². The molecule has 2 aromatic rings. The van der Waals surface area contributed by atoms with E-state index in [0.29, 0.717) is 16.6 Å². The molecule has 7 heteroatoms. The zero-order chi connectivity index (χ0) is 18.8. The van der Waals surface area contributed by atoms with E-state index in [4.69, 9.17) is 28.2 Å². The van der Waals surface area contributed by atoms with E-state index in [0.717, 1.165) is 48.5 Å². The largest absolute Gasteiger partial charge is 0.481 e. The van der Waals surface area contributed by atoms with Gasteiger partial charge in [0, 0.05) is 24.1 Å². The third-order valence-electron chi connectivity index (χ3n) is 4.98. The smallest absolute Gasteiger partial charge is 0.304 e. The fraction of sp³-hybridized carbons (Fsp3) is 0.500. The van der Waals surface area contributed by atoms with Gasteiger partial charge in [0.15, 0.2) is 0 Å². The SMILES string of the molecule is CC(C)c1nc2c(n1Cc1ccc(Cl)c(Cl)c1)C(CC(=O)O)CCCC2.N. The molecule has 148 valence electrons. The number of hydrogen-bond donors (Lipinski definition) is 2. The molecule has 0 bridgehead atoms. The average molecular weight is 412 g/mol. The maximum absolute atomic E-state index is 11.4. The standard InChI is InChI=1S/C20H24Cl2N2O2.H3N/c1-12(2)20-23-17-6-4-3-5-14(10-18(25)26)19(17)24(20)11-13-7-8-15(21)16(22)9-13;/h7-9,12,14H,3-6,10-11H2,1-2H3,(H,25,26);1H3. The van der Waals surface area contributed by atoms with Gasteiger partial charge in [0.05, 0.1) is 22.2 Å². The molecule has 1 aliphatic carbocycles. The number of hydrogen-bond acceptors (Lipinski definition) is 3. The fourth-order valence-corrected chi connectivity index (χ4v) is 4.15. The van der Waals surface area contributed by atoms with Crippen molar-refractivity contribution in [3.63, 3.8) is 0 Å². The highest BCUT2D eigenvalue weighted by Crippen LogP contribution is 2.36. The third-order valence-corrected chi connectivity index (χ3v) is 5.72. The second kappa shape index (κ2) is 9.09. The van der Waals surface area contributed by atoms with E-state index >= 15 is 0 Å². The van der Waals surface area contributed by atoms with E-state index in [9.17, 15) is 9.90 Å². The van der Waals surface area contributed by atoms with Crippen molar-refractivity contribution in [2.45, 2.75) is 64.3 Å². The van der Waals surface area contributed by atoms with Gasteiger partial charge in [0.25, 0.3) is 0 Å². The Kier molecular flexibility index (Phi) is 7.32. The molecule has 0 saturated heterocycles. The molecule has 0 fully saturated rings. The van der Waals surface area contributed by atoms with E-state index in [1.54, 1.807) is 6.07 Å². The highest BCUT2D eigenvalue weighted by molar-refractivity contribution is 6.42. The van der Waals surface area contributed by atoms with Crippen LogP contribution in [-0.4, -0.2) is 20.6 Å². The van der Waals surface area contributed by atoms with Crippen LogP contribution in [0, 0.1) is 0 Å². The maximum Gasteiger partial charge on any atom is 0.304 e. The number of rotatable bonds is 5. The molecule has 1 atom stereocenters. The first-order chi connectivity index (χ1) is 12.4. The number of carboxylic acids is 1. The van der Waals surface area contributed by atoms with Crippen molar-refractivity contribution in [1.29, 1.82) is 0 Å². The number of imidazole rings is 1. The highest BCUT2D eigenvalue weighted by Gasteiger charge is 2.29. The minimum absolute atomic E-state index is 0. The molecular weight excluding hydrogens is 385 g/mol. The predicted octanol–water partition coefficient (Wildman–Crippen LogP) is 5.81. The van der Waals surface area contributed by atoms with E-state index in [-0.39, 0.29) is 24.4 Å². The monoisotopic (exact) mass is 411 g/mol. The van der Waals surface area contributed by atoms with E-state index in [1.807, 2.05) is 12.1 Å². The summed E-state index contributed by atoms with van der Waals surface area (Å²) in [5.41, 5.74) is 3.21. The van der Waals surface area contributed by atoms with Crippen molar-refractivity contribution in [2.75, 3.05) is 0 Å². The lowest BCUT2D eigenvalue weighted by Crippen LogP contribution is -2.15. The third kappa shape index (κ3) is 4.84. The Bertz CT molecular complexity index is 818. The van der Waals surface area contributed by atoms with Gasteiger partial charge in [0.1, 0.15) is 5.82 Å². The molecule has 1 aliphatic rings. The van der Waals surface area contributed by atoms with Gasteiger partial charge in [-0.25, -0.2) is 4.98 Å². The quantitative estimate of drug-likeness (QED) is 0.607. The zero-order valence-electron chi connectivity index (χ0n) is 15.8. The first-order valence-electron chi connectivity index (χ1n) is 9.11. The molecule has 5 nitrogen and oxygen atoms in total. The minimum atomic E-state index is -0.753. The van der Waals surface area contributed by atoms with Crippen molar-refractivity contribution >= 4 is 29.2 Å². The topological polar surface area (TPSA) is 90.1 Å². The Morgan fingerprint density at radius 1 is 1.30 bits per heavy atom. The van der Waals surface area contributed by atoms with Crippen LogP contribution in [0.4, 0.5) is 0 Å². The summed E-state index contributed by atoms with van der Waals surface area (Å²) in [5, 5.41) is 10.5. The molecule has 1 unspecified atom stereocenters. The maximum atomic E-state index is 11.4. The summed E-state index contributed by atoms with van der Waals surface area (Å²) in [5.74, 6) is 0.526. The Hall–Kier alpha value is -1.56. The average Bonchev–Trinajstić information content (AvgIpc) is 2.80. The Morgan fingerprint density at radius 2 is 2.04 bits per heavy atom. The second-order valence-electron chi connectivity index (χ2n) is 7.33. The molecule has 0 radical (unpaired) electrons. The summed E-state index contributed by atoms with van der Waals surface area (Å²) in [7, 11) is 0. The molecule has 1 aromatic heterocycles. The van der Waals surface area contributed by atoms with Gasteiger partial charge in [-0.05, 0) is 37.0 Å². The molecule has 0 spiro atoms. The number of aliphatic carboxylic acids is 1. The molecule has 0 aliphatic heterocycles. The second-order valence-corrected chi connectivity index (χ2v) is 8.15. The van der Waals surface area contributed by atoms with Crippen molar-refractivity contribution < 1.29 is 9.90 Å². The van der Waals surface area contributed by atoms with Crippen molar-refractivity contribution in [3.05, 3.63) is 51.0 Å². The first-order valence-corrected chi connectivity index (χ1v) is 9.87. The van der Waals surface area contributed by atoms with Crippen LogP contribution < -0.4 is 6.15 Å². The van der Waals surface area contributed by atoms with Gasteiger partial charge in [-0.15, -0.1) is 0 Å². The van der Waals surface area contributed by atoms with Crippen molar-refractivity contribution in [3.8, 4) is 0 Å². The number of fused-ring (bicyclic) bond motifs is 1. The van der Waals surface area contributed by atoms with E-state index in [1.165, 1.54) is 0 Å². The summed E-state index contributed by atoms with van der Waals surface area (Å²) < 4.78 is 2.22. The molecule has 4 N–H and O–H groups in total. The Labute approximate surface area is 170 Å². The number of aryl methyl sites for hydroxylation is 1. The lowest BCUT2D eigenvalue weighted by molar-refractivity contribution is -0.137. The molecule has 0 saturated carbocycles. The van der Waals surface area contributed by atoms with Gasteiger partial charge >= 0.3 is 5.97 Å². The van der Waals surface area contributed by atoms with Crippen molar-refractivity contribution in [1.82, 2.24) is 15.7 Å². The normalized spacial score (nSPS) is 16.6. The summed E-state index contributed by atoms with van der Waals surface area (Å²) >= 11 is 12.2. The molecule has 3 rings (SSSR count). The van der Waals surface area contributed by atoms with Crippen LogP contribution in [0.1, 0.15) is 74.1 Å². The number of aromatic nitrogens is 2. The Morgan fingerprint density at radius 3 is 2.67 bits per heavy atom. The summed E-state index contributed by atoms with van der Waals surface area (Å²) in [6, 6.07) is 5.65. The van der Waals surface area contributed by atoms with Crippen LogP contribution in [0.2, 0.25) is 10.0 Å². The fourth-order valence-electron chi connectivity index (χ4n) is 3.83. The van der Waals surface area contributed by atoms with Crippen LogP contribution in [-0.2, 0) is 17.8 Å². The van der Waals surface area contributed by atoms with Gasteiger partial charge in [-0.1, -0.05) is 49.5 Å². The molecular formula is C20H27Cl2N3O2. The number of nitrogens with zero attached hydrogens (tertiary/aromatic N) is 2. The Balaban J connectivity index is 0.00000261. The zero-order valence-corrected chi connectivity index (χ0v) is 17.4. The predicted molar refractivity (Wildman–Crippen MR) is 109 cm³/mol. The van der Waals surface area contributed by atoms with Crippen LogP contribution in [0.15, 0.2) is 18.2 Å². The highest BCUT2D eigenvalue weighted by atomic mass is 35.5. The number of benzene rings is 1. The van der Waals surface area contributed by atoms with Gasteiger partial charge < -0.3 is 15.8 Å². The summed E-state index contributed by atoms with van der Waals surface area (Å²) in [6.45, 7) is 4.88. The summed E-state index contributed by atoms with van der Waals surface area (Å²) in [6.07, 6.45) is 4.06. The van der Waals surface area contributed by atoms with Crippen LogP contribution in [0.5, 0.6) is 0 Å². The first kappa shape index (κ1) is 21.7. The van der Waals surface area contributed by atoms with Crippen LogP contribution in [0.25, 0.3) is 0 Å². The van der Waals surface area contributed by atoms with Crippen LogP contribution >= 0.6 is 23.2 Å². The molecule has 1 aromatic carbocycles. The lowest BCUT2D eigenvalue weighted by Gasteiger charge is -2.20. The van der Waals surface area contributed by atoms with E-state index < -0.39 is 5.97 Å². The van der Waals surface area contributed by atoms with Gasteiger partial charge in [0.2, 0.25) is 0 Å². The molecule has 1 heterocycles. The van der Waals surface area contributed by atoms with Gasteiger partial charge in [-0.2, -0.15) is 0 Å². The van der Waals surface area contributed by atoms with Gasteiger partial charge in [-0.3, -0.25) is 4.79 Å². The van der Waals surface area contributed by atoms with Crippen molar-refractivity contribution in [2.24, 2.45) is 0 Å². The molecule has 0 amide bonds. The number of carboxylic acid groups (broad SMARTS) is 1. The van der Waals surface area contributed by atoms with E-state index in [2.05, 4.69) is 18.4 Å². The lowest BCUT2D eigenvalue weighted by atomic mass is 9.96. The number of carbonyl (C=O) groups is 1. The molecule has 27 heavy (non-hydrogen) atoms. The minimum Gasteiger partial charge on any atom is -0.481 e. The summed E-state index contributed by atoms with van der Waals surface area (Å²) in [4.78, 5) is 16.3. The number of halogens is 2.